The molecule has 0 bridgehead atoms. The Labute approximate surface area is 110 Å². The first-order chi connectivity index (χ1) is 9.02. The van der Waals surface area contributed by atoms with Gasteiger partial charge in [-0.05, 0) is 26.0 Å². The van der Waals surface area contributed by atoms with Gasteiger partial charge in [0.1, 0.15) is 0 Å². The van der Waals surface area contributed by atoms with E-state index in [-0.39, 0.29) is 11.7 Å². The SMILES string of the molecule is Cc1cc2c(NC(C)CN)ccc([N+](=O)[O-])c2cn1. The molecule has 0 saturated carbocycles. The summed E-state index contributed by atoms with van der Waals surface area (Å²) in [5.74, 6) is 0. The number of nitrogens with one attached hydrogen (secondary N) is 1. The number of anilines is 1. The number of pyridine rings is 1. The number of aryl methyl sites for hydroxylation is 1. The molecule has 1 heterocycles. The molecule has 0 aliphatic rings. The van der Waals surface area contributed by atoms with Crippen LogP contribution in [-0.4, -0.2) is 22.5 Å². The molecule has 6 heteroatoms. The molecule has 0 spiro atoms. The molecule has 3 N–H and O–H groups in total. The molecule has 0 aliphatic carbocycles. The zero-order chi connectivity index (χ0) is 14.0. The molecule has 19 heavy (non-hydrogen) atoms. The van der Waals surface area contributed by atoms with Gasteiger partial charge in [0.25, 0.3) is 5.69 Å². The third-order valence-corrected chi connectivity index (χ3v) is 2.97. The first-order valence-corrected chi connectivity index (χ1v) is 6.03. The van der Waals surface area contributed by atoms with E-state index in [1.165, 1.54) is 6.07 Å². The average Bonchev–Trinajstić information content (AvgIpc) is 2.38. The van der Waals surface area contributed by atoms with Gasteiger partial charge in [0.05, 0.1) is 10.3 Å². The van der Waals surface area contributed by atoms with Crippen LogP contribution in [0.3, 0.4) is 0 Å². The standard InChI is InChI=1S/C13H16N4O2/c1-8-5-10-11(7-15-8)13(17(18)19)4-3-12(10)16-9(2)6-14/h3-5,7,9,16H,6,14H2,1-2H3. The first-order valence-electron chi connectivity index (χ1n) is 6.03. The van der Waals surface area contributed by atoms with Gasteiger partial charge in [0.15, 0.2) is 0 Å². The fraction of sp³-hybridized carbons (Fsp3) is 0.308. The lowest BCUT2D eigenvalue weighted by atomic mass is 10.1. The largest absolute Gasteiger partial charge is 0.381 e. The van der Waals surface area contributed by atoms with E-state index in [0.29, 0.717) is 11.9 Å². The van der Waals surface area contributed by atoms with Crippen molar-refractivity contribution in [3.63, 3.8) is 0 Å². The fourth-order valence-corrected chi connectivity index (χ4v) is 1.94. The summed E-state index contributed by atoms with van der Waals surface area (Å²) in [5.41, 5.74) is 7.31. The molecule has 0 aliphatic heterocycles. The Bertz CT molecular complexity index is 627. The lowest BCUT2D eigenvalue weighted by molar-refractivity contribution is -0.383. The lowest BCUT2D eigenvalue weighted by Gasteiger charge is -2.15. The Morgan fingerprint density at radius 1 is 1.47 bits per heavy atom. The number of nitro groups is 1. The van der Waals surface area contributed by atoms with Crippen LogP contribution >= 0.6 is 0 Å². The Kier molecular flexibility index (Phi) is 3.62. The van der Waals surface area contributed by atoms with Crippen LogP contribution in [0.5, 0.6) is 0 Å². The number of hydrogen-bond acceptors (Lipinski definition) is 5. The summed E-state index contributed by atoms with van der Waals surface area (Å²) in [6, 6.07) is 5.14. The topological polar surface area (TPSA) is 94.1 Å². The zero-order valence-corrected chi connectivity index (χ0v) is 10.9. The highest BCUT2D eigenvalue weighted by Gasteiger charge is 2.15. The summed E-state index contributed by atoms with van der Waals surface area (Å²) >= 11 is 0. The van der Waals surface area contributed by atoms with Gasteiger partial charge in [-0.15, -0.1) is 0 Å². The maximum Gasteiger partial charge on any atom is 0.278 e. The summed E-state index contributed by atoms with van der Waals surface area (Å²) < 4.78 is 0. The van der Waals surface area contributed by atoms with Crippen LogP contribution in [-0.2, 0) is 0 Å². The normalized spacial score (nSPS) is 12.4. The van der Waals surface area contributed by atoms with Crippen LogP contribution in [0, 0.1) is 17.0 Å². The van der Waals surface area contributed by atoms with Crippen molar-refractivity contribution in [2.24, 2.45) is 5.73 Å². The minimum atomic E-state index is -0.393. The van der Waals surface area contributed by atoms with Gasteiger partial charge in [0, 0.05) is 41.6 Å². The van der Waals surface area contributed by atoms with Crippen LogP contribution in [0.4, 0.5) is 11.4 Å². The van der Waals surface area contributed by atoms with E-state index >= 15 is 0 Å². The monoisotopic (exact) mass is 260 g/mol. The van der Waals surface area contributed by atoms with Gasteiger partial charge in [-0.2, -0.15) is 0 Å². The number of aromatic nitrogens is 1. The molecule has 0 radical (unpaired) electrons. The maximum atomic E-state index is 11.0. The molecule has 1 aromatic heterocycles. The van der Waals surface area contributed by atoms with Crippen LogP contribution in [0.15, 0.2) is 24.4 Å². The van der Waals surface area contributed by atoms with Crippen LogP contribution in [0.25, 0.3) is 10.8 Å². The second kappa shape index (κ2) is 5.19. The Hall–Kier alpha value is -2.21. The summed E-state index contributed by atoms with van der Waals surface area (Å²) in [7, 11) is 0. The maximum absolute atomic E-state index is 11.0. The van der Waals surface area contributed by atoms with Gasteiger partial charge in [-0.1, -0.05) is 0 Å². The smallest absolute Gasteiger partial charge is 0.278 e. The third-order valence-electron chi connectivity index (χ3n) is 2.97. The predicted octanol–water partition coefficient (Wildman–Crippen LogP) is 2.21. The fourth-order valence-electron chi connectivity index (χ4n) is 1.94. The molecule has 2 aromatic rings. The number of hydrogen-bond donors (Lipinski definition) is 2. The van der Waals surface area contributed by atoms with E-state index in [1.54, 1.807) is 12.3 Å². The van der Waals surface area contributed by atoms with Crippen LogP contribution in [0.2, 0.25) is 0 Å². The molecular weight excluding hydrogens is 244 g/mol. The number of benzene rings is 1. The van der Waals surface area contributed by atoms with E-state index in [1.807, 2.05) is 19.9 Å². The number of non-ortho nitro benzene ring substituents is 1. The highest BCUT2D eigenvalue weighted by atomic mass is 16.6. The molecule has 1 unspecified atom stereocenters. The molecule has 2 rings (SSSR count). The number of rotatable bonds is 4. The van der Waals surface area contributed by atoms with Crippen molar-refractivity contribution >= 4 is 22.1 Å². The van der Waals surface area contributed by atoms with Crippen molar-refractivity contribution in [3.8, 4) is 0 Å². The molecule has 100 valence electrons. The van der Waals surface area contributed by atoms with Gasteiger partial charge in [-0.3, -0.25) is 15.1 Å². The lowest BCUT2D eigenvalue weighted by Crippen LogP contribution is -2.25. The van der Waals surface area contributed by atoms with Crippen molar-refractivity contribution in [1.82, 2.24) is 4.98 Å². The van der Waals surface area contributed by atoms with Crippen LogP contribution in [0.1, 0.15) is 12.6 Å². The minimum Gasteiger partial charge on any atom is -0.381 e. The summed E-state index contributed by atoms with van der Waals surface area (Å²) in [6.07, 6.45) is 1.54. The molecule has 0 fully saturated rings. The van der Waals surface area contributed by atoms with Gasteiger partial charge in [-0.25, -0.2) is 0 Å². The summed E-state index contributed by atoms with van der Waals surface area (Å²) in [6.45, 7) is 4.30. The molecule has 0 saturated heterocycles. The Morgan fingerprint density at radius 3 is 2.84 bits per heavy atom. The molecular formula is C13H16N4O2. The first kappa shape index (κ1) is 13.2. The van der Waals surface area contributed by atoms with Gasteiger partial charge >= 0.3 is 0 Å². The number of nitro benzene ring substituents is 1. The van der Waals surface area contributed by atoms with Crippen molar-refractivity contribution in [3.05, 3.63) is 40.2 Å². The van der Waals surface area contributed by atoms with E-state index in [9.17, 15) is 10.1 Å². The van der Waals surface area contributed by atoms with Crippen molar-refractivity contribution in [2.75, 3.05) is 11.9 Å². The number of nitrogens with two attached hydrogens (primary N) is 1. The zero-order valence-electron chi connectivity index (χ0n) is 10.9. The number of fused-ring (bicyclic) bond motifs is 1. The van der Waals surface area contributed by atoms with Crippen molar-refractivity contribution in [1.29, 1.82) is 0 Å². The summed E-state index contributed by atoms with van der Waals surface area (Å²) in [5, 5.41) is 15.6. The van der Waals surface area contributed by atoms with Crippen molar-refractivity contribution < 1.29 is 4.92 Å². The van der Waals surface area contributed by atoms with Crippen molar-refractivity contribution in [2.45, 2.75) is 19.9 Å². The van der Waals surface area contributed by atoms with E-state index in [0.717, 1.165) is 16.8 Å². The molecule has 1 aromatic carbocycles. The highest BCUT2D eigenvalue weighted by molar-refractivity contribution is 5.99. The number of nitrogens with zero attached hydrogens (tertiary/aromatic N) is 2. The molecule has 0 amide bonds. The second-order valence-electron chi connectivity index (χ2n) is 4.54. The van der Waals surface area contributed by atoms with Gasteiger partial charge in [0.2, 0.25) is 0 Å². The molecule has 1 atom stereocenters. The quantitative estimate of drug-likeness (QED) is 0.649. The van der Waals surface area contributed by atoms with Gasteiger partial charge < -0.3 is 11.1 Å². The predicted molar refractivity (Wildman–Crippen MR) is 75.3 cm³/mol. The Balaban J connectivity index is 2.63. The second-order valence-corrected chi connectivity index (χ2v) is 4.54. The van der Waals surface area contributed by atoms with E-state index in [4.69, 9.17) is 5.73 Å². The van der Waals surface area contributed by atoms with E-state index < -0.39 is 4.92 Å². The minimum absolute atomic E-state index is 0.0634. The van der Waals surface area contributed by atoms with E-state index in [2.05, 4.69) is 10.3 Å². The van der Waals surface area contributed by atoms with Crippen LogP contribution < -0.4 is 11.1 Å². The average molecular weight is 260 g/mol. The third kappa shape index (κ3) is 2.63. The summed E-state index contributed by atoms with van der Waals surface area (Å²) in [4.78, 5) is 14.8. The highest BCUT2D eigenvalue weighted by Crippen LogP contribution is 2.31. The molecule has 6 nitrogen and oxygen atoms in total. The Morgan fingerprint density at radius 2 is 2.21 bits per heavy atom.